The minimum absolute atomic E-state index is 0.0405. The monoisotopic (exact) mass is 251 g/mol. The molecule has 18 heavy (non-hydrogen) atoms. The molecule has 2 rings (SSSR count). The highest BCUT2D eigenvalue weighted by Crippen LogP contribution is 2.29. The largest absolute Gasteiger partial charge is 0.491 e. The van der Waals surface area contributed by atoms with Crippen molar-refractivity contribution in [2.75, 3.05) is 6.61 Å². The molecule has 0 bridgehead atoms. The van der Waals surface area contributed by atoms with Crippen LogP contribution in [0.15, 0.2) is 24.3 Å². The lowest BCUT2D eigenvalue weighted by molar-refractivity contribution is -0.384. The van der Waals surface area contributed by atoms with Crippen molar-refractivity contribution in [3.05, 3.63) is 34.4 Å². The number of rotatable bonds is 4. The summed E-state index contributed by atoms with van der Waals surface area (Å²) in [6.07, 6.45) is 4.75. The molecule has 1 aromatic carbocycles. The zero-order valence-corrected chi connectivity index (χ0v) is 10.2. The van der Waals surface area contributed by atoms with E-state index in [2.05, 4.69) is 0 Å². The fourth-order valence-corrected chi connectivity index (χ4v) is 2.24. The Hall–Kier alpha value is -1.62. The predicted molar refractivity (Wildman–Crippen MR) is 66.6 cm³/mol. The maximum atomic E-state index is 10.5. The molecule has 1 saturated carbocycles. The summed E-state index contributed by atoms with van der Waals surface area (Å²) in [5.74, 6) is 0.555. The molecule has 5 nitrogen and oxygen atoms in total. The second kappa shape index (κ2) is 5.35. The first kappa shape index (κ1) is 12.8. The molecule has 0 spiro atoms. The molecule has 1 N–H and O–H groups in total. The molecule has 98 valence electrons. The van der Waals surface area contributed by atoms with Crippen molar-refractivity contribution in [3.63, 3.8) is 0 Å². The zero-order chi connectivity index (χ0) is 13.0. The quantitative estimate of drug-likeness (QED) is 0.659. The SMILES string of the molecule is O=[N+]([O-])c1ccc(OCC2(O)CCCCC2)cc1. The third-order valence-corrected chi connectivity index (χ3v) is 3.34. The summed E-state index contributed by atoms with van der Waals surface area (Å²) < 4.78 is 5.51. The van der Waals surface area contributed by atoms with Crippen LogP contribution in [0, 0.1) is 10.1 Å². The molecule has 0 aromatic heterocycles. The van der Waals surface area contributed by atoms with Gasteiger partial charge in [0, 0.05) is 12.1 Å². The van der Waals surface area contributed by atoms with Gasteiger partial charge in [0.05, 0.1) is 10.5 Å². The van der Waals surface area contributed by atoms with Crippen LogP contribution in [-0.4, -0.2) is 22.2 Å². The van der Waals surface area contributed by atoms with Crippen molar-refractivity contribution in [3.8, 4) is 5.75 Å². The van der Waals surface area contributed by atoms with Crippen LogP contribution in [0.1, 0.15) is 32.1 Å². The Labute approximate surface area is 106 Å². The Morgan fingerprint density at radius 1 is 1.22 bits per heavy atom. The van der Waals surface area contributed by atoms with Crippen molar-refractivity contribution in [2.24, 2.45) is 0 Å². The van der Waals surface area contributed by atoms with Gasteiger partial charge in [-0.1, -0.05) is 19.3 Å². The van der Waals surface area contributed by atoms with Crippen molar-refractivity contribution in [2.45, 2.75) is 37.7 Å². The molecule has 0 aliphatic heterocycles. The number of benzene rings is 1. The highest BCUT2D eigenvalue weighted by Gasteiger charge is 2.29. The molecular weight excluding hydrogens is 234 g/mol. The van der Waals surface area contributed by atoms with Gasteiger partial charge in [0.2, 0.25) is 0 Å². The van der Waals surface area contributed by atoms with Crippen molar-refractivity contribution in [1.29, 1.82) is 0 Å². The molecule has 0 atom stereocenters. The van der Waals surface area contributed by atoms with Crippen molar-refractivity contribution < 1.29 is 14.8 Å². The van der Waals surface area contributed by atoms with Crippen LogP contribution in [0.3, 0.4) is 0 Å². The van der Waals surface area contributed by atoms with E-state index in [0.717, 1.165) is 25.7 Å². The number of nitro benzene ring substituents is 1. The van der Waals surface area contributed by atoms with Gasteiger partial charge in [-0.3, -0.25) is 10.1 Å². The van der Waals surface area contributed by atoms with Gasteiger partial charge in [-0.15, -0.1) is 0 Å². The normalized spacial score (nSPS) is 18.3. The molecule has 0 saturated heterocycles. The summed E-state index contributed by atoms with van der Waals surface area (Å²) in [5, 5.41) is 20.7. The molecule has 0 radical (unpaired) electrons. The molecule has 0 unspecified atom stereocenters. The van der Waals surface area contributed by atoms with Crippen LogP contribution in [0.2, 0.25) is 0 Å². The number of hydrogen-bond acceptors (Lipinski definition) is 4. The van der Waals surface area contributed by atoms with Gasteiger partial charge >= 0.3 is 0 Å². The van der Waals surface area contributed by atoms with Gasteiger partial charge < -0.3 is 9.84 Å². The molecule has 1 aliphatic rings. The van der Waals surface area contributed by atoms with Crippen LogP contribution in [0.25, 0.3) is 0 Å². The molecule has 1 aliphatic carbocycles. The van der Waals surface area contributed by atoms with Gasteiger partial charge in [-0.25, -0.2) is 0 Å². The van der Waals surface area contributed by atoms with Crippen LogP contribution >= 0.6 is 0 Å². The maximum absolute atomic E-state index is 10.5. The van der Waals surface area contributed by atoms with E-state index in [-0.39, 0.29) is 12.3 Å². The highest BCUT2D eigenvalue weighted by molar-refractivity contribution is 5.36. The van der Waals surface area contributed by atoms with E-state index < -0.39 is 10.5 Å². The average Bonchev–Trinajstić information content (AvgIpc) is 2.38. The molecule has 0 amide bonds. The Morgan fingerprint density at radius 3 is 2.39 bits per heavy atom. The van der Waals surface area contributed by atoms with E-state index >= 15 is 0 Å². The van der Waals surface area contributed by atoms with Gasteiger partial charge in [-0.05, 0) is 25.0 Å². The zero-order valence-electron chi connectivity index (χ0n) is 10.2. The lowest BCUT2D eigenvalue weighted by Gasteiger charge is -2.31. The minimum Gasteiger partial charge on any atom is -0.491 e. The fourth-order valence-electron chi connectivity index (χ4n) is 2.24. The van der Waals surface area contributed by atoms with E-state index in [1.54, 1.807) is 12.1 Å². The number of hydrogen-bond donors (Lipinski definition) is 1. The van der Waals surface area contributed by atoms with Gasteiger partial charge in [0.25, 0.3) is 5.69 Å². The third-order valence-electron chi connectivity index (χ3n) is 3.34. The Balaban J connectivity index is 1.91. The fraction of sp³-hybridized carbons (Fsp3) is 0.538. The third kappa shape index (κ3) is 3.20. The summed E-state index contributed by atoms with van der Waals surface area (Å²) >= 11 is 0. The van der Waals surface area contributed by atoms with E-state index in [4.69, 9.17) is 4.74 Å². The van der Waals surface area contributed by atoms with Crippen LogP contribution < -0.4 is 4.74 Å². The number of aliphatic hydroxyl groups is 1. The summed E-state index contributed by atoms with van der Waals surface area (Å²) in [4.78, 5) is 10.0. The van der Waals surface area contributed by atoms with Gasteiger partial charge in [0.1, 0.15) is 12.4 Å². The Morgan fingerprint density at radius 2 is 1.83 bits per heavy atom. The number of non-ortho nitro benzene ring substituents is 1. The second-order valence-electron chi connectivity index (χ2n) is 4.82. The molecule has 0 heterocycles. The van der Waals surface area contributed by atoms with E-state index in [1.807, 2.05) is 0 Å². The summed E-state index contributed by atoms with van der Waals surface area (Å²) in [6.45, 7) is 0.255. The Kier molecular flexibility index (Phi) is 3.81. The number of ether oxygens (including phenoxy) is 1. The van der Waals surface area contributed by atoms with E-state index in [1.165, 1.54) is 18.6 Å². The first-order chi connectivity index (χ1) is 8.59. The highest BCUT2D eigenvalue weighted by atomic mass is 16.6. The molecule has 1 aromatic rings. The van der Waals surface area contributed by atoms with Gasteiger partial charge in [-0.2, -0.15) is 0 Å². The lowest BCUT2D eigenvalue weighted by Crippen LogP contribution is -2.37. The van der Waals surface area contributed by atoms with Crippen molar-refractivity contribution >= 4 is 5.69 Å². The number of nitrogens with zero attached hydrogens (tertiary/aromatic N) is 1. The second-order valence-corrected chi connectivity index (χ2v) is 4.82. The van der Waals surface area contributed by atoms with Gasteiger partial charge in [0.15, 0.2) is 0 Å². The van der Waals surface area contributed by atoms with E-state index in [0.29, 0.717) is 5.75 Å². The lowest BCUT2D eigenvalue weighted by atomic mass is 9.85. The van der Waals surface area contributed by atoms with E-state index in [9.17, 15) is 15.2 Å². The summed E-state index contributed by atoms with van der Waals surface area (Å²) in [7, 11) is 0. The number of nitro groups is 1. The van der Waals surface area contributed by atoms with Crippen molar-refractivity contribution in [1.82, 2.24) is 0 Å². The van der Waals surface area contributed by atoms with Crippen LogP contribution in [0.5, 0.6) is 5.75 Å². The van der Waals surface area contributed by atoms with Crippen LogP contribution in [-0.2, 0) is 0 Å². The molecular formula is C13H17NO4. The molecule has 5 heteroatoms. The van der Waals surface area contributed by atoms with Crippen LogP contribution in [0.4, 0.5) is 5.69 Å². The first-order valence-corrected chi connectivity index (χ1v) is 6.19. The minimum atomic E-state index is -0.736. The first-order valence-electron chi connectivity index (χ1n) is 6.19. The Bertz CT molecular complexity index is 410. The standard InChI is InChI=1S/C13H17NO4/c15-13(8-2-1-3-9-13)10-18-12-6-4-11(5-7-12)14(16)17/h4-7,15H,1-3,8-10H2. The summed E-state index contributed by atoms with van der Waals surface area (Å²) in [5.41, 5.74) is -0.696. The maximum Gasteiger partial charge on any atom is 0.269 e. The smallest absolute Gasteiger partial charge is 0.269 e. The average molecular weight is 251 g/mol. The molecule has 1 fully saturated rings. The topological polar surface area (TPSA) is 72.6 Å². The predicted octanol–water partition coefficient (Wildman–Crippen LogP) is 2.67. The summed E-state index contributed by atoms with van der Waals surface area (Å²) in [6, 6.07) is 5.93.